The van der Waals surface area contributed by atoms with E-state index in [1.165, 1.54) is 31.6 Å². The van der Waals surface area contributed by atoms with Crippen molar-refractivity contribution < 1.29 is 4.48 Å². The lowest BCUT2D eigenvalue weighted by Gasteiger charge is -2.36. The van der Waals surface area contributed by atoms with Crippen molar-refractivity contribution in [3.05, 3.63) is 33.8 Å². The van der Waals surface area contributed by atoms with Crippen LogP contribution < -0.4 is 5.73 Å². The number of hydrogen-bond acceptors (Lipinski definition) is 1. The van der Waals surface area contributed by atoms with Gasteiger partial charge in [0.15, 0.2) is 0 Å². The zero-order valence-electron chi connectivity index (χ0n) is 12.4. The second-order valence-corrected chi connectivity index (χ2v) is 7.52. The summed E-state index contributed by atoms with van der Waals surface area (Å²) < 4.78 is 1.12. The summed E-state index contributed by atoms with van der Waals surface area (Å²) in [7, 11) is 0. The Labute approximate surface area is 132 Å². The summed E-state index contributed by atoms with van der Waals surface area (Å²) in [4.78, 5) is 0. The molecule has 2 rings (SSSR count). The van der Waals surface area contributed by atoms with Gasteiger partial charge in [0.2, 0.25) is 0 Å². The van der Waals surface area contributed by atoms with Crippen molar-refractivity contribution in [2.24, 2.45) is 17.6 Å². The van der Waals surface area contributed by atoms with Crippen LogP contribution in [0.5, 0.6) is 0 Å². The van der Waals surface area contributed by atoms with Crippen LogP contribution in [0.3, 0.4) is 0 Å². The first-order valence-corrected chi connectivity index (χ1v) is 8.18. The van der Waals surface area contributed by atoms with E-state index in [-0.39, 0.29) is 0 Å². The molecule has 1 unspecified atom stereocenters. The average molecular weight is 316 g/mol. The van der Waals surface area contributed by atoms with Crippen molar-refractivity contribution >= 4 is 23.2 Å². The SMILES string of the molecule is CC(C)C[N+]1(Cc2cc(Cl)cc(Cl)c2)CC[C@@H](CN)C1. The Hall–Kier alpha value is -0.280. The van der Waals surface area contributed by atoms with Crippen LogP contribution in [0.2, 0.25) is 10.0 Å². The molecule has 1 heterocycles. The van der Waals surface area contributed by atoms with Gasteiger partial charge in [0.05, 0.1) is 19.6 Å². The van der Waals surface area contributed by atoms with Crippen molar-refractivity contribution in [3.8, 4) is 0 Å². The molecule has 0 aliphatic carbocycles. The molecule has 2 N–H and O–H groups in total. The molecule has 20 heavy (non-hydrogen) atoms. The molecule has 1 aromatic rings. The number of rotatable bonds is 5. The van der Waals surface area contributed by atoms with Gasteiger partial charge in [0.1, 0.15) is 6.54 Å². The second-order valence-electron chi connectivity index (χ2n) is 6.65. The maximum absolute atomic E-state index is 6.13. The number of benzene rings is 1. The molecule has 112 valence electrons. The molecule has 1 aliphatic rings. The van der Waals surface area contributed by atoms with Crippen LogP contribution in [0.1, 0.15) is 25.8 Å². The first kappa shape index (κ1) is 16.1. The maximum atomic E-state index is 6.13. The van der Waals surface area contributed by atoms with Gasteiger partial charge in [-0.3, -0.25) is 0 Å². The van der Waals surface area contributed by atoms with Crippen molar-refractivity contribution in [1.82, 2.24) is 0 Å². The smallest absolute Gasteiger partial charge is 0.104 e. The Bertz CT molecular complexity index is 442. The van der Waals surface area contributed by atoms with E-state index in [0.717, 1.165) is 27.6 Å². The molecule has 1 aromatic carbocycles. The molecule has 0 bridgehead atoms. The van der Waals surface area contributed by atoms with E-state index in [9.17, 15) is 0 Å². The van der Waals surface area contributed by atoms with E-state index >= 15 is 0 Å². The Morgan fingerprint density at radius 3 is 2.40 bits per heavy atom. The summed E-state index contributed by atoms with van der Waals surface area (Å²) in [5.41, 5.74) is 7.11. The molecular weight excluding hydrogens is 291 g/mol. The van der Waals surface area contributed by atoms with Gasteiger partial charge in [-0.05, 0) is 18.2 Å². The highest BCUT2D eigenvalue weighted by Crippen LogP contribution is 2.30. The first-order valence-electron chi connectivity index (χ1n) is 7.42. The van der Waals surface area contributed by atoms with Crippen LogP contribution in [0.4, 0.5) is 0 Å². The van der Waals surface area contributed by atoms with Crippen molar-refractivity contribution in [3.63, 3.8) is 0 Å². The third kappa shape index (κ3) is 4.11. The fourth-order valence-corrected chi connectivity index (χ4v) is 4.19. The molecule has 0 spiro atoms. The lowest BCUT2D eigenvalue weighted by atomic mass is 10.1. The van der Waals surface area contributed by atoms with Crippen LogP contribution in [0.15, 0.2) is 18.2 Å². The second kappa shape index (κ2) is 6.65. The highest BCUT2D eigenvalue weighted by Gasteiger charge is 2.38. The lowest BCUT2D eigenvalue weighted by Crippen LogP contribution is -2.48. The Morgan fingerprint density at radius 2 is 1.90 bits per heavy atom. The van der Waals surface area contributed by atoms with Crippen LogP contribution in [0.25, 0.3) is 0 Å². The zero-order valence-corrected chi connectivity index (χ0v) is 13.9. The normalized spacial score (nSPS) is 26.4. The van der Waals surface area contributed by atoms with Crippen molar-refractivity contribution in [2.45, 2.75) is 26.8 Å². The van der Waals surface area contributed by atoms with Gasteiger partial charge in [-0.1, -0.05) is 37.0 Å². The summed E-state index contributed by atoms with van der Waals surface area (Å²) in [5.74, 6) is 1.34. The van der Waals surface area contributed by atoms with Crippen molar-refractivity contribution in [1.29, 1.82) is 0 Å². The van der Waals surface area contributed by atoms with Crippen LogP contribution in [-0.2, 0) is 6.54 Å². The van der Waals surface area contributed by atoms with E-state index < -0.39 is 0 Å². The number of hydrogen-bond donors (Lipinski definition) is 1. The number of nitrogens with two attached hydrogens (primary N) is 1. The summed E-state index contributed by atoms with van der Waals surface area (Å²) in [5, 5.41) is 1.45. The van der Waals surface area contributed by atoms with Gasteiger partial charge in [-0.15, -0.1) is 0 Å². The van der Waals surface area contributed by atoms with Gasteiger partial charge in [0, 0.05) is 40.4 Å². The predicted octanol–water partition coefficient (Wildman–Crippen LogP) is 3.94. The zero-order chi connectivity index (χ0) is 14.8. The Balaban J connectivity index is 2.19. The highest BCUT2D eigenvalue weighted by atomic mass is 35.5. The summed E-state index contributed by atoms with van der Waals surface area (Å²) in [6, 6.07) is 5.89. The molecule has 1 aliphatic heterocycles. The molecule has 0 saturated carbocycles. The highest BCUT2D eigenvalue weighted by molar-refractivity contribution is 6.34. The van der Waals surface area contributed by atoms with E-state index in [4.69, 9.17) is 28.9 Å². The first-order chi connectivity index (χ1) is 9.42. The number of halogens is 2. The monoisotopic (exact) mass is 315 g/mol. The quantitative estimate of drug-likeness (QED) is 0.818. The minimum Gasteiger partial charge on any atom is -0.330 e. The Kier molecular flexibility index (Phi) is 5.36. The number of nitrogens with zero attached hydrogens (tertiary/aromatic N) is 1. The molecule has 0 amide bonds. The lowest BCUT2D eigenvalue weighted by molar-refractivity contribution is -0.933. The van der Waals surface area contributed by atoms with E-state index in [1.54, 1.807) is 6.07 Å². The van der Waals surface area contributed by atoms with Gasteiger partial charge < -0.3 is 10.2 Å². The van der Waals surface area contributed by atoms with Gasteiger partial charge >= 0.3 is 0 Å². The fraction of sp³-hybridized carbons (Fsp3) is 0.625. The predicted molar refractivity (Wildman–Crippen MR) is 87.0 cm³/mol. The van der Waals surface area contributed by atoms with Crippen LogP contribution in [-0.4, -0.2) is 30.7 Å². The van der Waals surface area contributed by atoms with E-state index in [2.05, 4.69) is 13.8 Å². The third-order valence-electron chi connectivity index (χ3n) is 4.18. The maximum Gasteiger partial charge on any atom is 0.104 e. The number of quaternary nitrogens is 1. The van der Waals surface area contributed by atoms with E-state index in [1.807, 2.05) is 12.1 Å². The average Bonchev–Trinajstić information content (AvgIpc) is 2.69. The molecule has 2 atom stereocenters. The van der Waals surface area contributed by atoms with Crippen LogP contribution >= 0.6 is 23.2 Å². The number of likely N-dealkylation sites (tertiary alicyclic amines) is 1. The van der Waals surface area contributed by atoms with Crippen LogP contribution in [0, 0.1) is 11.8 Å². The molecule has 1 saturated heterocycles. The Morgan fingerprint density at radius 1 is 1.25 bits per heavy atom. The largest absolute Gasteiger partial charge is 0.330 e. The summed E-state index contributed by atoms with van der Waals surface area (Å²) in [6.07, 6.45) is 1.23. The van der Waals surface area contributed by atoms with Gasteiger partial charge in [0.25, 0.3) is 0 Å². The molecule has 0 aromatic heterocycles. The molecule has 4 heteroatoms. The summed E-state index contributed by atoms with van der Waals surface area (Å²) >= 11 is 12.3. The van der Waals surface area contributed by atoms with Gasteiger partial charge in [-0.2, -0.15) is 0 Å². The molecule has 2 nitrogen and oxygen atoms in total. The molecular formula is C16H25Cl2N2+. The fourth-order valence-electron chi connectivity index (χ4n) is 3.62. The minimum atomic E-state index is 0.656. The topological polar surface area (TPSA) is 26.0 Å². The van der Waals surface area contributed by atoms with Crippen molar-refractivity contribution in [2.75, 3.05) is 26.2 Å². The standard InChI is InChI=1S/C16H25Cl2N2/c1-12(2)9-20(4-3-13(8-19)10-20)11-14-5-15(17)7-16(18)6-14/h5-7,12-13H,3-4,8-11,19H2,1-2H3/q+1/t13-,20?/m0/s1. The third-order valence-corrected chi connectivity index (χ3v) is 4.62. The molecule has 1 fully saturated rings. The summed E-state index contributed by atoms with van der Waals surface area (Å²) in [6.45, 7) is 9.98. The van der Waals surface area contributed by atoms with Gasteiger partial charge in [-0.25, -0.2) is 0 Å². The minimum absolute atomic E-state index is 0.656. The molecule has 0 radical (unpaired) electrons. The van der Waals surface area contributed by atoms with E-state index in [0.29, 0.717) is 11.8 Å².